The molecule has 0 bridgehead atoms. The van der Waals surface area contributed by atoms with Crippen molar-refractivity contribution in [2.45, 2.75) is 6.04 Å². The van der Waals surface area contributed by atoms with Crippen molar-refractivity contribution < 1.29 is 13.6 Å². The molecule has 2 amide bonds. The van der Waals surface area contributed by atoms with Crippen LogP contribution in [0.2, 0.25) is 0 Å². The summed E-state index contributed by atoms with van der Waals surface area (Å²) in [6.45, 7) is 2.80. The molecule has 134 valence electrons. The normalized spacial score (nSPS) is 18.2. The van der Waals surface area contributed by atoms with E-state index >= 15 is 0 Å². The fourth-order valence-electron chi connectivity index (χ4n) is 3.36. The molecule has 1 aromatic carbocycles. The van der Waals surface area contributed by atoms with Gasteiger partial charge in [-0.2, -0.15) is 10.1 Å². The standard InChI is InChI=1S/C17H17FN6O2/c1-21-4-5-23(17(21)25)12-7-19-24(10-12)13-8-22(9-13)16-20-14-6-11(18)2-3-15(14)26-16/h2-3,6-7,10,13H,4-5,8-9H2,1H3. The molecule has 5 rings (SSSR count). The van der Waals surface area contributed by atoms with Gasteiger partial charge in [0, 0.05) is 45.5 Å². The number of rotatable bonds is 3. The predicted molar refractivity (Wildman–Crippen MR) is 92.8 cm³/mol. The number of carbonyl (C=O) groups is 1. The summed E-state index contributed by atoms with van der Waals surface area (Å²) in [6.07, 6.45) is 3.63. The molecule has 9 heteroatoms. The molecule has 26 heavy (non-hydrogen) atoms. The summed E-state index contributed by atoms with van der Waals surface area (Å²) >= 11 is 0. The fourth-order valence-corrected chi connectivity index (χ4v) is 3.36. The second-order valence-corrected chi connectivity index (χ2v) is 6.70. The Balaban J connectivity index is 1.28. The van der Waals surface area contributed by atoms with Crippen LogP contribution in [-0.2, 0) is 0 Å². The lowest BCUT2D eigenvalue weighted by atomic mass is 10.1. The molecule has 2 fully saturated rings. The van der Waals surface area contributed by atoms with Gasteiger partial charge in [-0.05, 0) is 12.1 Å². The Labute approximate surface area is 148 Å². The van der Waals surface area contributed by atoms with Crippen LogP contribution in [0.3, 0.4) is 0 Å². The van der Waals surface area contributed by atoms with E-state index < -0.39 is 0 Å². The number of likely N-dealkylation sites (N-methyl/N-ethyl adjacent to an activating group) is 1. The third-order valence-corrected chi connectivity index (χ3v) is 4.96. The second-order valence-electron chi connectivity index (χ2n) is 6.70. The molecule has 2 aliphatic rings. The number of amides is 2. The van der Waals surface area contributed by atoms with Crippen molar-refractivity contribution >= 4 is 28.8 Å². The van der Waals surface area contributed by atoms with Gasteiger partial charge in [-0.15, -0.1) is 0 Å². The Bertz CT molecular complexity index is 992. The SMILES string of the molecule is CN1CCN(c2cnn(C3CN(c4nc5cc(F)ccc5o4)C3)c2)C1=O. The van der Waals surface area contributed by atoms with Gasteiger partial charge in [0.15, 0.2) is 5.58 Å². The predicted octanol–water partition coefficient (Wildman–Crippen LogP) is 2.10. The molecular weight excluding hydrogens is 339 g/mol. The maximum Gasteiger partial charge on any atom is 0.324 e. The van der Waals surface area contributed by atoms with Gasteiger partial charge in [-0.3, -0.25) is 9.58 Å². The zero-order valence-electron chi connectivity index (χ0n) is 14.2. The molecule has 2 aliphatic heterocycles. The van der Waals surface area contributed by atoms with Crippen molar-refractivity contribution in [3.8, 4) is 0 Å². The molecule has 0 aliphatic carbocycles. The van der Waals surface area contributed by atoms with Crippen LogP contribution >= 0.6 is 0 Å². The van der Waals surface area contributed by atoms with Crippen LogP contribution in [0.15, 0.2) is 35.0 Å². The third-order valence-electron chi connectivity index (χ3n) is 4.96. The van der Waals surface area contributed by atoms with Crippen LogP contribution in [0.4, 0.5) is 20.9 Å². The Morgan fingerprint density at radius 3 is 2.88 bits per heavy atom. The molecule has 0 N–H and O–H groups in total. The zero-order valence-corrected chi connectivity index (χ0v) is 14.2. The quantitative estimate of drug-likeness (QED) is 0.719. The van der Waals surface area contributed by atoms with Gasteiger partial charge in [-0.25, -0.2) is 9.18 Å². The van der Waals surface area contributed by atoms with E-state index in [4.69, 9.17) is 4.42 Å². The molecular formula is C17H17FN6O2. The highest BCUT2D eigenvalue weighted by atomic mass is 19.1. The number of nitrogens with zero attached hydrogens (tertiary/aromatic N) is 6. The minimum atomic E-state index is -0.329. The highest BCUT2D eigenvalue weighted by Crippen LogP contribution is 2.31. The van der Waals surface area contributed by atoms with Crippen LogP contribution in [0.25, 0.3) is 11.1 Å². The number of aromatic nitrogens is 3. The van der Waals surface area contributed by atoms with E-state index in [1.807, 2.05) is 15.8 Å². The number of fused-ring (bicyclic) bond motifs is 1. The molecule has 0 radical (unpaired) electrons. The van der Waals surface area contributed by atoms with Gasteiger partial charge in [0.2, 0.25) is 0 Å². The second kappa shape index (κ2) is 5.45. The Hall–Kier alpha value is -3.10. The molecule has 2 aromatic heterocycles. The molecule has 8 nitrogen and oxygen atoms in total. The Morgan fingerprint density at radius 2 is 2.12 bits per heavy atom. The number of oxazole rings is 1. The lowest BCUT2D eigenvalue weighted by Crippen LogP contribution is -2.48. The Morgan fingerprint density at radius 1 is 1.27 bits per heavy atom. The molecule has 0 saturated carbocycles. The van der Waals surface area contributed by atoms with E-state index in [0.29, 0.717) is 36.7 Å². The molecule has 2 saturated heterocycles. The first kappa shape index (κ1) is 15.2. The van der Waals surface area contributed by atoms with Crippen LogP contribution in [0.1, 0.15) is 6.04 Å². The third kappa shape index (κ3) is 2.31. The van der Waals surface area contributed by atoms with E-state index in [2.05, 4.69) is 10.1 Å². The van der Waals surface area contributed by atoms with Crippen molar-refractivity contribution in [2.75, 3.05) is 43.0 Å². The first-order chi connectivity index (χ1) is 12.6. The average molecular weight is 356 g/mol. The molecule has 0 spiro atoms. The zero-order chi connectivity index (χ0) is 17.8. The number of hydrogen-bond donors (Lipinski definition) is 0. The van der Waals surface area contributed by atoms with Gasteiger partial charge in [0.1, 0.15) is 11.3 Å². The number of hydrogen-bond acceptors (Lipinski definition) is 5. The van der Waals surface area contributed by atoms with Crippen LogP contribution in [-0.4, -0.2) is 58.9 Å². The topological polar surface area (TPSA) is 70.6 Å². The lowest BCUT2D eigenvalue weighted by molar-refractivity contribution is 0.229. The van der Waals surface area contributed by atoms with E-state index in [9.17, 15) is 9.18 Å². The van der Waals surface area contributed by atoms with Crippen molar-refractivity contribution in [3.63, 3.8) is 0 Å². The summed E-state index contributed by atoms with van der Waals surface area (Å²) in [5, 5.41) is 4.40. The van der Waals surface area contributed by atoms with E-state index in [0.717, 1.165) is 12.2 Å². The summed E-state index contributed by atoms with van der Waals surface area (Å²) in [5.41, 5.74) is 1.90. The summed E-state index contributed by atoms with van der Waals surface area (Å²) in [7, 11) is 1.79. The number of anilines is 2. The first-order valence-corrected chi connectivity index (χ1v) is 8.46. The van der Waals surface area contributed by atoms with E-state index in [1.54, 1.807) is 29.1 Å². The van der Waals surface area contributed by atoms with Crippen LogP contribution < -0.4 is 9.80 Å². The summed E-state index contributed by atoms with van der Waals surface area (Å²) in [6, 6.07) is 4.99. The largest absolute Gasteiger partial charge is 0.423 e. The van der Waals surface area contributed by atoms with Gasteiger partial charge in [0.05, 0.1) is 17.9 Å². The summed E-state index contributed by atoms with van der Waals surface area (Å²) in [5.74, 6) is -0.329. The van der Waals surface area contributed by atoms with Crippen LogP contribution in [0, 0.1) is 5.82 Å². The molecule has 3 aromatic rings. The minimum Gasteiger partial charge on any atom is -0.423 e. The van der Waals surface area contributed by atoms with Gasteiger partial charge in [-0.1, -0.05) is 0 Å². The Kier molecular flexibility index (Phi) is 3.18. The maximum absolute atomic E-state index is 13.3. The van der Waals surface area contributed by atoms with Crippen molar-refractivity contribution in [1.29, 1.82) is 0 Å². The number of halogens is 1. The lowest BCUT2D eigenvalue weighted by Gasteiger charge is -2.37. The number of benzene rings is 1. The van der Waals surface area contributed by atoms with Gasteiger partial charge in [0.25, 0.3) is 6.01 Å². The van der Waals surface area contributed by atoms with E-state index in [-0.39, 0.29) is 17.9 Å². The number of urea groups is 1. The monoisotopic (exact) mass is 356 g/mol. The van der Waals surface area contributed by atoms with Gasteiger partial charge < -0.3 is 14.2 Å². The van der Waals surface area contributed by atoms with Gasteiger partial charge >= 0.3 is 6.03 Å². The van der Waals surface area contributed by atoms with Crippen LogP contribution in [0.5, 0.6) is 0 Å². The minimum absolute atomic E-state index is 0.00139. The smallest absolute Gasteiger partial charge is 0.324 e. The molecule has 4 heterocycles. The highest BCUT2D eigenvalue weighted by Gasteiger charge is 2.33. The van der Waals surface area contributed by atoms with E-state index in [1.165, 1.54) is 12.1 Å². The summed E-state index contributed by atoms with van der Waals surface area (Å²) < 4.78 is 20.8. The average Bonchev–Trinajstić information content (AvgIpc) is 3.27. The number of carbonyl (C=O) groups excluding carboxylic acids is 1. The van der Waals surface area contributed by atoms with Crippen molar-refractivity contribution in [1.82, 2.24) is 19.7 Å². The molecule has 0 unspecified atom stereocenters. The molecule has 0 atom stereocenters. The highest BCUT2D eigenvalue weighted by molar-refractivity contribution is 5.93. The fraction of sp³-hybridized carbons (Fsp3) is 0.353. The maximum atomic E-state index is 13.3. The summed E-state index contributed by atoms with van der Waals surface area (Å²) in [4.78, 5) is 21.8. The first-order valence-electron chi connectivity index (χ1n) is 8.46. The van der Waals surface area contributed by atoms with Crippen molar-refractivity contribution in [2.24, 2.45) is 0 Å². The van der Waals surface area contributed by atoms with Crippen molar-refractivity contribution in [3.05, 3.63) is 36.4 Å².